The summed E-state index contributed by atoms with van der Waals surface area (Å²) >= 11 is 0. The number of carbonyl (C=O) groups is 1. The number of amides is 1. The molecule has 4 rings (SSSR count). The van der Waals surface area contributed by atoms with Gasteiger partial charge < -0.3 is 10.6 Å². The standard InChI is InChI=1S/C25H27FN4O/c26-21-10-8-19(9-11-21)17-28-25(31)23-7-4-14-27-24(23)29-22-12-15-30(16-13-22)18-20-5-2-1-3-6-20/h1-11,14,22H,12-13,15-18H2,(H,27,29)(H,28,31). The summed E-state index contributed by atoms with van der Waals surface area (Å²) in [5, 5.41) is 6.37. The van der Waals surface area contributed by atoms with Crippen LogP contribution in [0.25, 0.3) is 0 Å². The predicted octanol–water partition coefficient (Wildman–Crippen LogP) is 4.23. The summed E-state index contributed by atoms with van der Waals surface area (Å²) in [7, 11) is 0. The lowest BCUT2D eigenvalue weighted by Gasteiger charge is -2.32. The fourth-order valence-electron chi connectivity index (χ4n) is 3.85. The molecule has 6 heteroatoms. The van der Waals surface area contributed by atoms with Crippen LogP contribution in [0.1, 0.15) is 34.3 Å². The third kappa shape index (κ3) is 5.89. The largest absolute Gasteiger partial charge is 0.367 e. The van der Waals surface area contributed by atoms with Crippen molar-refractivity contribution in [3.63, 3.8) is 0 Å². The number of piperidine rings is 1. The Balaban J connectivity index is 1.31. The lowest BCUT2D eigenvalue weighted by Crippen LogP contribution is -2.39. The van der Waals surface area contributed by atoms with Crippen molar-refractivity contribution in [3.05, 3.63) is 95.4 Å². The SMILES string of the molecule is O=C(NCc1ccc(F)cc1)c1cccnc1NC1CCN(Cc2ccccc2)CC1. The molecular weight excluding hydrogens is 391 g/mol. The number of nitrogens with one attached hydrogen (secondary N) is 2. The van der Waals surface area contributed by atoms with Gasteiger partial charge in [0.2, 0.25) is 0 Å². The van der Waals surface area contributed by atoms with E-state index < -0.39 is 0 Å². The Morgan fingerprint density at radius 1 is 0.968 bits per heavy atom. The maximum absolute atomic E-state index is 13.1. The van der Waals surface area contributed by atoms with Gasteiger partial charge in [0, 0.05) is 38.4 Å². The molecule has 1 amide bonds. The van der Waals surface area contributed by atoms with Crippen LogP contribution in [0.15, 0.2) is 72.9 Å². The minimum atomic E-state index is -0.288. The number of carbonyl (C=O) groups excluding carboxylic acids is 1. The second-order valence-electron chi connectivity index (χ2n) is 7.89. The summed E-state index contributed by atoms with van der Waals surface area (Å²) in [5.41, 5.74) is 2.70. The minimum Gasteiger partial charge on any atom is -0.367 e. The smallest absolute Gasteiger partial charge is 0.255 e. The molecule has 0 spiro atoms. The molecule has 1 saturated heterocycles. The molecule has 2 aromatic carbocycles. The monoisotopic (exact) mass is 418 g/mol. The number of anilines is 1. The zero-order chi connectivity index (χ0) is 21.5. The Morgan fingerprint density at radius 3 is 2.45 bits per heavy atom. The van der Waals surface area contributed by atoms with Crippen LogP contribution in [0, 0.1) is 5.82 Å². The van der Waals surface area contributed by atoms with Gasteiger partial charge in [-0.2, -0.15) is 0 Å². The highest BCUT2D eigenvalue weighted by atomic mass is 19.1. The summed E-state index contributed by atoms with van der Waals surface area (Å²) in [6.45, 7) is 3.32. The van der Waals surface area contributed by atoms with Crippen molar-refractivity contribution >= 4 is 11.7 Å². The van der Waals surface area contributed by atoms with Crippen molar-refractivity contribution in [2.24, 2.45) is 0 Å². The molecule has 5 nitrogen and oxygen atoms in total. The highest BCUT2D eigenvalue weighted by Crippen LogP contribution is 2.20. The van der Waals surface area contributed by atoms with E-state index in [0.29, 0.717) is 17.9 Å². The minimum absolute atomic E-state index is 0.193. The number of pyridine rings is 1. The van der Waals surface area contributed by atoms with Gasteiger partial charge in [0.15, 0.2) is 0 Å². The maximum Gasteiger partial charge on any atom is 0.255 e. The third-order valence-electron chi connectivity index (χ3n) is 5.60. The number of rotatable bonds is 7. The van der Waals surface area contributed by atoms with Crippen LogP contribution in [0.4, 0.5) is 10.2 Å². The number of likely N-dealkylation sites (tertiary alicyclic amines) is 1. The highest BCUT2D eigenvalue weighted by molar-refractivity contribution is 5.98. The van der Waals surface area contributed by atoms with E-state index in [2.05, 4.69) is 44.8 Å². The first-order valence-electron chi connectivity index (χ1n) is 10.7. The van der Waals surface area contributed by atoms with Crippen LogP contribution in [0.2, 0.25) is 0 Å². The molecule has 3 aromatic rings. The number of aromatic nitrogens is 1. The van der Waals surface area contributed by atoms with Crippen LogP contribution in [-0.2, 0) is 13.1 Å². The molecule has 2 N–H and O–H groups in total. The van der Waals surface area contributed by atoms with Crippen molar-refractivity contribution in [1.82, 2.24) is 15.2 Å². The second kappa shape index (κ2) is 10.2. The van der Waals surface area contributed by atoms with E-state index in [1.54, 1.807) is 30.5 Å². The molecule has 31 heavy (non-hydrogen) atoms. The molecular formula is C25H27FN4O. The van der Waals surface area contributed by atoms with Crippen molar-refractivity contribution in [3.8, 4) is 0 Å². The Bertz CT molecular complexity index is 986. The Kier molecular flexibility index (Phi) is 6.89. The van der Waals surface area contributed by atoms with Crippen LogP contribution < -0.4 is 10.6 Å². The summed E-state index contributed by atoms with van der Waals surface area (Å²) in [4.78, 5) is 19.6. The molecule has 0 bridgehead atoms. The Morgan fingerprint density at radius 2 is 1.71 bits per heavy atom. The van der Waals surface area contributed by atoms with Gasteiger partial charge in [-0.15, -0.1) is 0 Å². The second-order valence-corrected chi connectivity index (χ2v) is 7.89. The molecule has 0 unspecified atom stereocenters. The fraction of sp³-hybridized carbons (Fsp3) is 0.280. The molecule has 1 aromatic heterocycles. The molecule has 2 heterocycles. The van der Waals surface area contributed by atoms with E-state index in [9.17, 15) is 9.18 Å². The lowest BCUT2D eigenvalue weighted by molar-refractivity contribution is 0.0951. The number of nitrogens with zero attached hydrogens (tertiary/aromatic N) is 2. The topological polar surface area (TPSA) is 57.3 Å². The summed E-state index contributed by atoms with van der Waals surface area (Å²) in [6.07, 6.45) is 3.70. The van der Waals surface area contributed by atoms with Crippen molar-refractivity contribution in [1.29, 1.82) is 0 Å². The van der Waals surface area contributed by atoms with Gasteiger partial charge >= 0.3 is 0 Å². The van der Waals surface area contributed by atoms with E-state index in [1.807, 2.05) is 6.07 Å². The average Bonchev–Trinajstić information content (AvgIpc) is 2.81. The zero-order valence-electron chi connectivity index (χ0n) is 17.4. The third-order valence-corrected chi connectivity index (χ3v) is 5.60. The molecule has 0 saturated carbocycles. The van der Waals surface area contributed by atoms with Gasteiger partial charge in [-0.3, -0.25) is 9.69 Å². The van der Waals surface area contributed by atoms with Gasteiger partial charge in [-0.1, -0.05) is 42.5 Å². The Labute approximate surface area is 182 Å². The molecule has 1 aliphatic rings. The summed E-state index contributed by atoms with van der Waals surface area (Å²) in [6, 6.07) is 20.5. The first kappa shape index (κ1) is 21.0. The van der Waals surface area contributed by atoms with Gasteiger partial charge in [-0.05, 0) is 48.2 Å². The van der Waals surface area contributed by atoms with Crippen LogP contribution >= 0.6 is 0 Å². The number of halogens is 1. The summed E-state index contributed by atoms with van der Waals surface area (Å²) < 4.78 is 13.1. The fourth-order valence-corrected chi connectivity index (χ4v) is 3.85. The van der Waals surface area contributed by atoms with Crippen LogP contribution in [-0.4, -0.2) is 34.9 Å². The number of benzene rings is 2. The average molecular weight is 419 g/mol. The molecule has 1 fully saturated rings. The van der Waals surface area contributed by atoms with Crippen molar-refractivity contribution < 1.29 is 9.18 Å². The van der Waals surface area contributed by atoms with E-state index >= 15 is 0 Å². The van der Waals surface area contributed by atoms with Crippen LogP contribution in [0.5, 0.6) is 0 Å². The first-order chi connectivity index (χ1) is 15.2. The predicted molar refractivity (Wildman–Crippen MR) is 120 cm³/mol. The zero-order valence-corrected chi connectivity index (χ0v) is 17.4. The van der Waals surface area contributed by atoms with Crippen molar-refractivity contribution in [2.45, 2.75) is 32.0 Å². The summed E-state index contributed by atoms with van der Waals surface area (Å²) in [5.74, 6) is 0.130. The van der Waals surface area contributed by atoms with E-state index in [1.165, 1.54) is 17.7 Å². The normalized spacial score (nSPS) is 14.9. The molecule has 160 valence electrons. The van der Waals surface area contributed by atoms with Gasteiger partial charge in [-0.25, -0.2) is 9.37 Å². The Hall–Kier alpha value is -3.25. The van der Waals surface area contributed by atoms with E-state index in [-0.39, 0.29) is 17.8 Å². The molecule has 0 radical (unpaired) electrons. The highest BCUT2D eigenvalue weighted by Gasteiger charge is 2.21. The van der Waals surface area contributed by atoms with E-state index in [0.717, 1.165) is 38.0 Å². The quantitative estimate of drug-likeness (QED) is 0.603. The lowest BCUT2D eigenvalue weighted by atomic mass is 10.0. The first-order valence-corrected chi connectivity index (χ1v) is 10.7. The molecule has 0 atom stereocenters. The van der Waals surface area contributed by atoms with Crippen LogP contribution in [0.3, 0.4) is 0 Å². The molecule has 0 aliphatic carbocycles. The van der Waals surface area contributed by atoms with Gasteiger partial charge in [0.1, 0.15) is 11.6 Å². The van der Waals surface area contributed by atoms with Crippen molar-refractivity contribution in [2.75, 3.05) is 18.4 Å². The van der Waals surface area contributed by atoms with E-state index in [4.69, 9.17) is 0 Å². The van der Waals surface area contributed by atoms with Gasteiger partial charge in [0.25, 0.3) is 5.91 Å². The maximum atomic E-state index is 13.1. The number of hydrogen-bond donors (Lipinski definition) is 2. The number of hydrogen-bond acceptors (Lipinski definition) is 4. The van der Waals surface area contributed by atoms with Gasteiger partial charge in [0.05, 0.1) is 5.56 Å². The molecule has 1 aliphatic heterocycles.